The van der Waals surface area contributed by atoms with Gasteiger partial charge in [-0.05, 0) is 12.1 Å². The highest BCUT2D eigenvalue weighted by Crippen LogP contribution is 1.68. The van der Waals surface area contributed by atoms with Crippen LogP contribution in [0.3, 0.4) is 0 Å². The summed E-state index contributed by atoms with van der Waals surface area (Å²) in [5, 5.41) is 11.1. The Morgan fingerprint density at radius 1 is 1.30 bits per heavy atom. The van der Waals surface area contributed by atoms with Crippen molar-refractivity contribution < 1.29 is 8.76 Å². The van der Waals surface area contributed by atoms with Gasteiger partial charge in [0, 0.05) is 23.7 Å². The van der Waals surface area contributed by atoms with Gasteiger partial charge in [-0.15, -0.1) is 0 Å². The molecule has 0 aliphatic rings. The van der Waals surface area contributed by atoms with Crippen molar-refractivity contribution in [2.24, 2.45) is 5.14 Å². The zero-order valence-electron chi connectivity index (χ0n) is 5.01. The Labute approximate surface area is 60.7 Å². The van der Waals surface area contributed by atoms with E-state index in [2.05, 4.69) is 15.3 Å². The van der Waals surface area contributed by atoms with Crippen molar-refractivity contribution in [2.75, 3.05) is 0 Å². The van der Waals surface area contributed by atoms with Gasteiger partial charge in [-0.25, -0.2) is 0 Å². The van der Waals surface area contributed by atoms with Crippen LogP contribution in [0, 0.1) is 0 Å². The lowest BCUT2D eigenvalue weighted by Crippen LogP contribution is -1.97. The van der Waals surface area contributed by atoms with Gasteiger partial charge in [0.15, 0.2) is 0 Å². The molecule has 0 saturated carbocycles. The van der Waals surface area contributed by atoms with Gasteiger partial charge < -0.3 is 4.55 Å². The minimum atomic E-state index is -2.36. The molecule has 0 bridgehead atoms. The second-order valence-electron chi connectivity index (χ2n) is 1.17. The highest BCUT2D eigenvalue weighted by Gasteiger charge is 1.59. The Bertz CT molecular complexity index is 150. The number of nitrogens with zero attached hydrogens (tertiary/aromatic N) is 2. The quantitative estimate of drug-likeness (QED) is 0.504. The Morgan fingerprint density at radius 2 is 1.60 bits per heavy atom. The maximum absolute atomic E-state index is 8.78. The molecule has 2 N–H and O–H groups in total. The average molecular weight is 160 g/mol. The van der Waals surface area contributed by atoms with Gasteiger partial charge in [-0.3, -0.25) is 9.35 Å². The lowest BCUT2D eigenvalue weighted by atomic mass is 10.6. The normalized spacial score (nSPS) is 11.0. The smallest absolute Gasteiger partial charge is 0.0496 e. The highest BCUT2D eigenvalue weighted by atomic mass is 32.2. The molecule has 56 valence electrons. The molecule has 10 heavy (non-hydrogen) atoms. The highest BCUT2D eigenvalue weighted by molar-refractivity contribution is 7.76. The van der Waals surface area contributed by atoms with Gasteiger partial charge in [-0.1, -0.05) is 0 Å². The van der Waals surface area contributed by atoms with Crippen LogP contribution in [-0.2, 0) is 11.3 Å². The van der Waals surface area contributed by atoms with Crippen LogP contribution >= 0.6 is 0 Å². The molecule has 0 radical (unpaired) electrons. The summed E-state index contributed by atoms with van der Waals surface area (Å²) >= 11 is -2.36. The van der Waals surface area contributed by atoms with Crippen molar-refractivity contribution in [2.45, 2.75) is 0 Å². The molecule has 1 atom stereocenters. The summed E-state index contributed by atoms with van der Waals surface area (Å²) < 4.78 is 17.6. The fourth-order valence-electron chi connectivity index (χ4n) is 0.253. The average Bonchev–Trinajstić information content (AvgIpc) is 1.90. The van der Waals surface area contributed by atoms with Gasteiger partial charge in [0.2, 0.25) is 0 Å². The van der Waals surface area contributed by atoms with Gasteiger partial charge in [0.25, 0.3) is 0 Å². The minimum Gasteiger partial charge on any atom is -0.760 e. The molecule has 0 aliphatic carbocycles. The zero-order valence-corrected chi connectivity index (χ0v) is 5.82. The lowest BCUT2D eigenvalue weighted by Gasteiger charge is -1.85. The predicted octanol–water partition coefficient (Wildman–Crippen LogP) is -0.784. The molecule has 1 heterocycles. The maximum atomic E-state index is 8.78. The Morgan fingerprint density at radius 3 is 1.70 bits per heavy atom. The van der Waals surface area contributed by atoms with E-state index in [1.54, 1.807) is 12.4 Å². The third kappa shape index (κ3) is 10.2. The summed E-state index contributed by atoms with van der Waals surface area (Å²) in [6.45, 7) is 0. The summed E-state index contributed by atoms with van der Waals surface area (Å²) in [4.78, 5) is 0. The van der Waals surface area contributed by atoms with Crippen LogP contribution in [0.4, 0.5) is 0 Å². The topological polar surface area (TPSA) is 91.9 Å². The Balaban J connectivity index is 0.000000180. The SMILES string of the molecule is NS(=O)[O-].c1ccnnc1. The molecule has 1 rings (SSSR count). The van der Waals surface area contributed by atoms with Crippen LogP contribution in [0.15, 0.2) is 24.5 Å². The number of nitrogens with two attached hydrogens (primary N) is 1. The molecule has 0 aromatic carbocycles. The molecule has 1 aromatic rings. The zero-order chi connectivity index (χ0) is 7.82. The molecule has 5 nitrogen and oxygen atoms in total. The molecule has 0 fully saturated rings. The fraction of sp³-hybridized carbons (Fsp3) is 0. The third-order valence-corrected chi connectivity index (χ3v) is 0.483. The van der Waals surface area contributed by atoms with Crippen LogP contribution in [0.1, 0.15) is 0 Å². The summed E-state index contributed by atoms with van der Waals surface area (Å²) in [6, 6.07) is 3.65. The molecule has 6 heteroatoms. The first kappa shape index (κ1) is 9.15. The Hall–Kier alpha value is -0.850. The summed E-state index contributed by atoms with van der Waals surface area (Å²) in [7, 11) is 0. The van der Waals surface area contributed by atoms with E-state index in [-0.39, 0.29) is 0 Å². The number of hydrogen-bond donors (Lipinski definition) is 1. The van der Waals surface area contributed by atoms with Gasteiger partial charge in [0.05, 0.1) is 0 Å². The lowest BCUT2D eigenvalue weighted by molar-refractivity contribution is 0.539. The monoisotopic (exact) mass is 160 g/mol. The fourth-order valence-corrected chi connectivity index (χ4v) is 0.253. The van der Waals surface area contributed by atoms with E-state index >= 15 is 0 Å². The van der Waals surface area contributed by atoms with E-state index in [9.17, 15) is 0 Å². The van der Waals surface area contributed by atoms with Crippen LogP contribution in [0.5, 0.6) is 0 Å². The van der Waals surface area contributed by atoms with Crippen LogP contribution in [-0.4, -0.2) is 19.0 Å². The third-order valence-electron chi connectivity index (χ3n) is 0.483. The first-order chi connectivity index (χ1) is 4.73. The van der Waals surface area contributed by atoms with Crippen molar-refractivity contribution in [1.29, 1.82) is 0 Å². The number of aromatic nitrogens is 2. The largest absolute Gasteiger partial charge is 0.760 e. The number of hydrogen-bond acceptors (Lipinski definition) is 4. The van der Waals surface area contributed by atoms with E-state index in [0.717, 1.165) is 0 Å². The summed E-state index contributed by atoms with van der Waals surface area (Å²) in [5.41, 5.74) is 0. The predicted molar refractivity (Wildman–Crippen MR) is 35.1 cm³/mol. The standard InChI is InChI=1S/C4H4N2.H3NO2S/c1-2-4-6-5-3-1;1-4(2)3/h1-4H;1H2,(H,2,3)/p-1. The summed E-state index contributed by atoms with van der Waals surface area (Å²) in [5.74, 6) is 0. The molecule has 0 saturated heterocycles. The maximum Gasteiger partial charge on any atom is 0.0496 e. The van der Waals surface area contributed by atoms with Crippen molar-refractivity contribution in [3.8, 4) is 0 Å². The molecule has 0 amide bonds. The van der Waals surface area contributed by atoms with Crippen LogP contribution in [0.2, 0.25) is 0 Å². The van der Waals surface area contributed by atoms with Crippen molar-refractivity contribution in [1.82, 2.24) is 10.2 Å². The van der Waals surface area contributed by atoms with Crippen molar-refractivity contribution in [3.63, 3.8) is 0 Å². The molecule has 0 aliphatic heterocycles. The first-order valence-electron chi connectivity index (χ1n) is 2.29. The molecule has 1 unspecified atom stereocenters. The van der Waals surface area contributed by atoms with E-state index in [0.29, 0.717) is 0 Å². The molecular weight excluding hydrogens is 154 g/mol. The molecule has 1 aromatic heterocycles. The number of rotatable bonds is 0. The van der Waals surface area contributed by atoms with Crippen molar-refractivity contribution in [3.05, 3.63) is 24.5 Å². The van der Waals surface area contributed by atoms with Crippen molar-refractivity contribution >= 4 is 11.3 Å². The second-order valence-corrected chi connectivity index (χ2v) is 1.70. The molecular formula is C4H6N3O2S-. The Kier molecular flexibility index (Phi) is 5.74. The van der Waals surface area contributed by atoms with Gasteiger partial charge >= 0.3 is 0 Å². The van der Waals surface area contributed by atoms with Crippen LogP contribution in [0.25, 0.3) is 0 Å². The first-order valence-corrected chi connectivity index (χ1v) is 3.42. The van der Waals surface area contributed by atoms with E-state index < -0.39 is 11.3 Å². The van der Waals surface area contributed by atoms with Gasteiger partial charge in [-0.2, -0.15) is 10.2 Å². The van der Waals surface area contributed by atoms with E-state index in [4.69, 9.17) is 8.76 Å². The van der Waals surface area contributed by atoms with Gasteiger partial charge in [0.1, 0.15) is 0 Å². The summed E-state index contributed by atoms with van der Waals surface area (Å²) in [6.07, 6.45) is 3.28. The minimum absolute atomic E-state index is 1.64. The van der Waals surface area contributed by atoms with E-state index in [1.165, 1.54) is 0 Å². The molecule has 0 spiro atoms. The van der Waals surface area contributed by atoms with E-state index in [1.807, 2.05) is 12.1 Å². The van der Waals surface area contributed by atoms with Crippen LogP contribution < -0.4 is 5.14 Å². The second kappa shape index (κ2) is 6.27.